The van der Waals surface area contributed by atoms with Crippen LogP contribution < -0.4 is 0 Å². The largest absolute Gasteiger partial charge is 0.342 e. The average molecular weight is 403 g/mol. The number of piperidine rings is 1. The van der Waals surface area contributed by atoms with Crippen molar-refractivity contribution >= 4 is 29.0 Å². The number of rotatable bonds is 5. The summed E-state index contributed by atoms with van der Waals surface area (Å²) in [6.45, 7) is 3.32. The van der Waals surface area contributed by atoms with E-state index in [-0.39, 0.29) is 11.8 Å². The third-order valence-electron chi connectivity index (χ3n) is 4.41. The van der Waals surface area contributed by atoms with Crippen LogP contribution in [0.15, 0.2) is 33.4 Å². The van der Waals surface area contributed by atoms with Crippen molar-refractivity contribution in [1.82, 2.24) is 30.2 Å². The van der Waals surface area contributed by atoms with E-state index in [2.05, 4.69) is 25.3 Å². The van der Waals surface area contributed by atoms with E-state index in [0.717, 1.165) is 27.8 Å². The zero-order valence-corrected chi connectivity index (χ0v) is 16.4. The number of aromatic nitrogens is 5. The summed E-state index contributed by atoms with van der Waals surface area (Å²) in [5, 5.41) is 13.1. The molecule has 4 rings (SSSR count). The van der Waals surface area contributed by atoms with Gasteiger partial charge in [-0.05, 0) is 31.9 Å². The van der Waals surface area contributed by atoms with E-state index in [0.29, 0.717) is 30.6 Å². The van der Waals surface area contributed by atoms with E-state index in [1.165, 1.54) is 23.1 Å². The number of hydrogen-bond donors (Lipinski definition) is 0. The van der Waals surface area contributed by atoms with Gasteiger partial charge in [0.25, 0.3) is 5.89 Å². The molecular weight excluding hydrogens is 384 g/mol. The van der Waals surface area contributed by atoms with Gasteiger partial charge in [-0.15, -0.1) is 10.2 Å². The summed E-state index contributed by atoms with van der Waals surface area (Å²) >= 11 is 2.96. The number of aryl methyl sites for hydroxylation is 1. The smallest absolute Gasteiger partial charge is 0.258 e. The molecule has 3 aromatic heterocycles. The van der Waals surface area contributed by atoms with Gasteiger partial charge in [0.2, 0.25) is 5.91 Å². The second-order valence-electron chi connectivity index (χ2n) is 6.22. The van der Waals surface area contributed by atoms with Crippen LogP contribution in [-0.2, 0) is 4.79 Å². The molecule has 27 heavy (non-hydrogen) atoms. The van der Waals surface area contributed by atoms with Crippen molar-refractivity contribution in [3.8, 4) is 11.5 Å². The molecule has 4 heterocycles. The first kappa shape index (κ1) is 18.1. The van der Waals surface area contributed by atoms with E-state index in [1.807, 2.05) is 24.0 Å². The zero-order chi connectivity index (χ0) is 18.6. The molecule has 3 aromatic rings. The number of carbonyl (C=O) groups excluding carboxylic acids is 1. The molecule has 1 saturated heterocycles. The second kappa shape index (κ2) is 8.13. The summed E-state index contributed by atoms with van der Waals surface area (Å²) < 4.78 is 6.22. The molecule has 1 fully saturated rings. The van der Waals surface area contributed by atoms with Gasteiger partial charge in [-0.25, -0.2) is 0 Å². The van der Waals surface area contributed by atoms with E-state index in [4.69, 9.17) is 4.52 Å². The quantitative estimate of drug-likeness (QED) is 0.601. The van der Waals surface area contributed by atoms with Gasteiger partial charge >= 0.3 is 0 Å². The standard InChI is InChI=1S/C17H18N6O2S2/c1-11-20-21-17(27-11)26-10-14(24)23-8-4-12(5-9-23)15-19-16(25-22-15)13-2-6-18-7-3-13/h2-3,6-7,12H,4-5,8-10H2,1H3. The van der Waals surface area contributed by atoms with Gasteiger partial charge in [0.15, 0.2) is 10.2 Å². The Labute approximate surface area is 164 Å². The molecule has 1 aliphatic rings. The van der Waals surface area contributed by atoms with E-state index in [9.17, 15) is 4.79 Å². The average Bonchev–Trinajstić information content (AvgIpc) is 3.36. The molecule has 1 amide bonds. The van der Waals surface area contributed by atoms with E-state index in [1.54, 1.807) is 12.4 Å². The number of nitrogens with zero attached hydrogens (tertiary/aromatic N) is 6. The van der Waals surface area contributed by atoms with Crippen molar-refractivity contribution in [2.45, 2.75) is 30.0 Å². The summed E-state index contributed by atoms with van der Waals surface area (Å²) in [7, 11) is 0. The molecule has 0 aromatic carbocycles. The molecule has 0 saturated carbocycles. The van der Waals surface area contributed by atoms with Crippen LogP contribution in [0.25, 0.3) is 11.5 Å². The lowest BCUT2D eigenvalue weighted by Gasteiger charge is -2.30. The van der Waals surface area contributed by atoms with Gasteiger partial charge in [-0.3, -0.25) is 9.78 Å². The van der Waals surface area contributed by atoms with Crippen LogP contribution in [0.4, 0.5) is 0 Å². The van der Waals surface area contributed by atoms with Gasteiger partial charge in [-0.1, -0.05) is 28.3 Å². The normalized spacial score (nSPS) is 15.2. The number of likely N-dealkylation sites (tertiary alicyclic amines) is 1. The minimum absolute atomic E-state index is 0.136. The Hall–Kier alpha value is -2.33. The Kier molecular flexibility index (Phi) is 5.44. The first-order valence-electron chi connectivity index (χ1n) is 8.64. The fourth-order valence-electron chi connectivity index (χ4n) is 2.95. The maximum absolute atomic E-state index is 12.4. The fourth-order valence-corrected chi connectivity index (χ4v) is 4.67. The molecule has 140 valence electrons. The SMILES string of the molecule is Cc1nnc(SCC(=O)N2CCC(c3noc(-c4ccncc4)n3)CC2)s1. The minimum Gasteiger partial charge on any atom is -0.342 e. The lowest BCUT2D eigenvalue weighted by molar-refractivity contribution is -0.129. The van der Waals surface area contributed by atoms with Crippen molar-refractivity contribution in [1.29, 1.82) is 0 Å². The molecule has 1 aliphatic heterocycles. The van der Waals surface area contributed by atoms with Crippen molar-refractivity contribution in [2.75, 3.05) is 18.8 Å². The van der Waals surface area contributed by atoms with Crippen LogP contribution in [0.3, 0.4) is 0 Å². The van der Waals surface area contributed by atoms with Crippen molar-refractivity contribution in [2.24, 2.45) is 0 Å². The van der Waals surface area contributed by atoms with Gasteiger partial charge in [0.1, 0.15) is 5.01 Å². The maximum Gasteiger partial charge on any atom is 0.258 e. The Bertz CT molecular complexity index is 905. The van der Waals surface area contributed by atoms with E-state index >= 15 is 0 Å². The third kappa shape index (κ3) is 4.33. The number of thioether (sulfide) groups is 1. The minimum atomic E-state index is 0.136. The van der Waals surface area contributed by atoms with Gasteiger partial charge in [0.05, 0.1) is 5.75 Å². The number of carbonyl (C=O) groups is 1. The number of pyridine rings is 1. The molecule has 0 atom stereocenters. The van der Waals surface area contributed by atoms with Crippen molar-refractivity contribution in [3.63, 3.8) is 0 Å². The highest BCUT2D eigenvalue weighted by Crippen LogP contribution is 2.29. The van der Waals surface area contributed by atoms with Crippen LogP contribution in [0.1, 0.15) is 29.6 Å². The van der Waals surface area contributed by atoms with Crippen LogP contribution >= 0.6 is 23.1 Å². The molecule has 10 heteroatoms. The van der Waals surface area contributed by atoms with Crippen LogP contribution in [-0.4, -0.2) is 55.0 Å². The molecule has 0 unspecified atom stereocenters. The van der Waals surface area contributed by atoms with Crippen molar-refractivity contribution < 1.29 is 9.32 Å². The molecule has 0 bridgehead atoms. The fraction of sp³-hybridized carbons (Fsp3) is 0.412. The highest BCUT2D eigenvalue weighted by Gasteiger charge is 2.27. The number of amides is 1. The highest BCUT2D eigenvalue weighted by atomic mass is 32.2. The maximum atomic E-state index is 12.4. The monoisotopic (exact) mass is 402 g/mol. The lowest BCUT2D eigenvalue weighted by Crippen LogP contribution is -2.39. The topological polar surface area (TPSA) is 97.9 Å². The molecular formula is C17H18N6O2S2. The first-order chi connectivity index (χ1) is 13.2. The predicted molar refractivity (Wildman–Crippen MR) is 101 cm³/mol. The summed E-state index contributed by atoms with van der Waals surface area (Å²) in [6.07, 6.45) is 5.07. The molecule has 0 radical (unpaired) electrons. The van der Waals surface area contributed by atoms with Gasteiger partial charge < -0.3 is 9.42 Å². The Morgan fingerprint density at radius 2 is 2.07 bits per heavy atom. The van der Waals surface area contributed by atoms with E-state index < -0.39 is 0 Å². The van der Waals surface area contributed by atoms with Crippen LogP contribution in [0.2, 0.25) is 0 Å². The van der Waals surface area contributed by atoms with Crippen molar-refractivity contribution in [3.05, 3.63) is 35.4 Å². The summed E-state index contributed by atoms with van der Waals surface area (Å²) in [6, 6.07) is 3.69. The lowest BCUT2D eigenvalue weighted by atomic mass is 9.96. The predicted octanol–water partition coefficient (Wildman–Crippen LogP) is 2.79. The Morgan fingerprint density at radius 1 is 1.30 bits per heavy atom. The Morgan fingerprint density at radius 3 is 2.78 bits per heavy atom. The highest BCUT2D eigenvalue weighted by molar-refractivity contribution is 8.01. The molecule has 0 aliphatic carbocycles. The number of hydrogen-bond acceptors (Lipinski definition) is 9. The van der Waals surface area contributed by atoms with Gasteiger partial charge in [0, 0.05) is 37.0 Å². The zero-order valence-electron chi connectivity index (χ0n) is 14.7. The first-order valence-corrected chi connectivity index (χ1v) is 10.4. The molecule has 0 N–H and O–H groups in total. The summed E-state index contributed by atoms with van der Waals surface area (Å²) in [4.78, 5) is 22.8. The summed E-state index contributed by atoms with van der Waals surface area (Å²) in [5.41, 5.74) is 0.861. The molecule has 8 nitrogen and oxygen atoms in total. The molecule has 0 spiro atoms. The summed E-state index contributed by atoms with van der Waals surface area (Å²) in [5.74, 6) is 1.97. The third-order valence-corrected chi connectivity index (χ3v) is 6.37. The van der Waals surface area contributed by atoms with Gasteiger partial charge in [-0.2, -0.15) is 4.98 Å². The van der Waals surface area contributed by atoms with Crippen LogP contribution in [0.5, 0.6) is 0 Å². The Balaban J connectivity index is 1.30. The second-order valence-corrected chi connectivity index (χ2v) is 8.63. The van der Waals surface area contributed by atoms with Crippen LogP contribution in [0, 0.1) is 6.92 Å².